The van der Waals surface area contributed by atoms with Gasteiger partial charge in [0.25, 0.3) is 0 Å². The average molecular weight is 217 g/mol. The third-order valence-corrected chi connectivity index (χ3v) is 2.59. The van der Waals surface area contributed by atoms with Crippen molar-refractivity contribution in [2.24, 2.45) is 17.9 Å². The lowest BCUT2D eigenvalue weighted by Gasteiger charge is -1.98. The molecule has 8 heteroatoms. The van der Waals surface area contributed by atoms with Gasteiger partial charge >= 0.3 is 5.69 Å². The molecular formula is C6H11N5O2S. The molecule has 0 fully saturated rings. The SMILES string of the molecule is Cn1c(SCCC(N)=NO)n[nH]c1=O. The third kappa shape index (κ3) is 2.52. The largest absolute Gasteiger partial charge is 0.409 e. The summed E-state index contributed by atoms with van der Waals surface area (Å²) in [5, 5.41) is 17.8. The Kier molecular flexibility index (Phi) is 3.57. The molecule has 0 radical (unpaired) electrons. The summed E-state index contributed by atoms with van der Waals surface area (Å²) in [4.78, 5) is 10.9. The maximum atomic E-state index is 10.9. The molecule has 78 valence electrons. The molecule has 0 aromatic carbocycles. The van der Waals surface area contributed by atoms with E-state index in [0.29, 0.717) is 17.3 Å². The predicted octanol–water partition coefficient (Wildman–Crippen LogP) is -0.663. The van der Waals surface area contributed by atoms with Crippen LogP contribution in [0.5, 0.6) is 0 Å². The van der Waals surface area contributed by atoms with Gasteiger partial charge in [0.05, 0.1) is 0 Å². The Morgan fingerprint density at radius 2 is 2.57 bits per heavy atom. The number of aromatic nitrogens is 3. The lowest BCUT2D eigenvalue weighted by atomic mass is 10.5. The smallest absolute Gasteiger partial charge is 0.343 e. The molecule has 0 aliphatic heterocycles. The Bertz CT molecular complexity index is 382. The number of rotatable bonds is 4. The van der Waals surface area contributed by atoms with E-state index in [0.717, 1.165) is 0 Å². The van der Waals surface area contributed by atoms with Crippen LogP contribution in [0.2, 0.25) is 0 Å². The Balaban J connectivity index is 2.47. The van der Waals surface area contributed by atoms with Crippen molar-refractivity contribution < 1.29 is 5.21 Å². The molecule has 1 aromatic heterocycles. The van der Waals surface area contributed by atoms with E-state index in [-0.39, 0.29) is 11.5 Å². The summed E-state index contributed by atoms with van der Waals surface area (Å²) < 4.78 is 1.40. The maximum Gasteiger partial charge on any atom is 0.343 e. The number of hydrogen-bond acceptors (Lipinski definition) is 5. The molecule has 0 amide bonds. The van der Waals surface area contributed by atoms with Gasteiger partial charge in [0.15, 0.2) is 5.16 Å². The van der Waals surface area contributed by atoms with Crippen LogP contribution in [-0.2, 0) is 7.05 Å². The highest BCUT2D eigenvalue weighted by Crippen LogP contribution is 2.12. The normalized spacial score (nSPS) is 11.9. The molecule has 0 aliphatic carbocycles. The Morgan fingerprint density at radius 3 is 3.07 bits per heavy atom. The van der Waals surface area contributed by atoms with Crippen molar-refractivity contribution in [3.63, 3.8) is 0 Å². The molecule has 14 heavy (non-hydrogen) atoms. The van der Waals surface area contributed by atoms with Crippen molar-refractivity contribution in [2.45, 2.75) is 11.6 Å². The van der Waals surface area contributed by atoms with E-state index >= 15 is 0 Å². The van der Waals surface area contributed by atoms with Crippen LogP contribution in [-0.4, -0.2) is 31.6 Å². The lowest BCUT2D eigenvalue weighted by Crippen LogP contribution is -2.14. The van der Waals surface area contributed by atoms with Gasteiger partial charge in [0, 0.05) is 19.2 Å². The molecule has 0 bridgehead atoms. The first-order valence-corrected chi connectivity index (χ1v) is 4.84. The van der Waals surface area contributed by atoms with Crippen molar-refractivity contribution in [2.75, 3.05) is 5.75 Å². The van der Waals surface area contributed by atoms with Gasteiger partial charge in [-0.05, 0) is 0 Å². The van der Waals surface area contributed by atoms with E-state index in [4.69, 9.17) is 10.9 Å². The highest BCUT2D eigenvalue weighted by atomic mass is 32.2. The molecule has 1 aromatic rings. The van der Waals surface area contributed by atoms with Crippen molar-refractivity contribution >= 4 is 17.6 Å². The van der Waals surface area contributed by atoms with Crippen molar-refractivity contribution in [1.29, 1.82) is 0 Å². The number of nitrogens with one attached hydrogen (secondary N) is 1. The fraction of sp³-hybridized carbons (Fsp3) is 0.500. The highest BCUT2D eigenvalue weighted by molar-refractivity contribution is 7.99. The number of H-pyrrole nitrogens is 1. The third-order valence-electron chi connectivity index (χ3n) is 1.56. The van der Waals surface area contributed by atoms with Crippen LogP contribution in [0, 0.1) is 0 Å². The molecule has 0 aliphatic rings. The second-order valence-electron chi connectivity index (χ2n) is 2.56. The minimum Gasteiger partial charge on any atom is -0.409 e. The van der Waals surface area contributed by atoms with E-state index in [2.05, 4.69) is 15.4 Å². The van der Waals surface area contributed by atoms with Crippen molar-refractivity contribution in [1.82, 2.24) is 14.8 Å². The number of oxime groups is 1. The first-order chi connectivity index (χ1) is 6.65. The molecule has 0 unspecified atom stereocenters. The van der Waals surface area contributed by atoms with Crippen LogP contribution in [0.25, 0.3) is 0 Å². The van der Waals surface area contributed by atoms with Crippen LogP contribution in [0.3, 0.4) is 0 Å². The molecule has 0 atom stereocenters. The Labute approximate surface area is 84.0 Å². The van der Waals surface area contributed by atoms with E-state index in [1.54, 1.807) is 7.05 Å². The summed E-state index contributed by atoms with van der Waals surface area (Å²) in [5.41, 5.74) is 5.02. The van der Waals surface area contributed by atoms with Crippen LogP contribution in [0.1, 0.15) is 6.42 Å². The summed E-state index contributed by atoms with van der Waals surface area (Å²) in [6.07, 6.45) is 0.447. The Hall–Kier alpha value is -1.44. The molecule has 7 nitrogen and oxygen atoms in total. The molecule has 1 heterocycles. The highest BCUT2D eigenvalue weighted by Gasteiger charge is 2.04. The number of amidine groups is 1. The second kappa shape index (κ2) is 4.70. The van der Waals surface area contributed by atoms with Gasteiger partial charge in [0.2, 0.25) is 0 Å². The first-order valence-electron chi connectivity index (χ1n) is 3.85. The van der Waals surface area contributed by atoms with Gasteiger partial charge in [-0.25, -0.2) is 9.89 Å². The summed E-state index contributed by atoms with van der Waals surface area (Å²) in [5.74, 6) is 0.770. The second-order valence-corrected chi connectivity index (χ2v) is 3.62. The monoisotopic (exact) mass is 217 g/mol. The van der Waals surface area contributed by atoms with E-state index in [9.17, 15) is 4.79 Å². The molecule has 1 rings (SSSR count). The zero-order chi connectivity index (χ0) is 10.6. The predicted molar refractivity (Wildman–Crippen MR) is 52.6 cm³/mol. The topological polar surface area (TPSA) is 109 Å². The minimum atomic E-state index is -0.253. The van der Waals surface area contributed by atoms with E-state index in [1.165, 1.54) is 16.3 Å². The van der Waals surface area contributed by atoms with Crippen LogP contribution < -0.4 is 11.4 Å². The fourth-order valence-corrected chi connectivity index (χ4v) is 1.64. The summed E-state index contributed by atoms with van der Waals surface area (Å²) in [6, 6.07) is 0. The average Bonchev–Trinajstić information content (AvgIpc) is 2.49. The molecule has 0 saturated heterocycles. The number of nitrogens with zero attached hydrogens (tertiary/aromatic N) is 3. The maximum absolute atomic E-state index is 10.9. The van der Waals surface area contributed by atoms with Gasteiger partial charge in [-0.15, -0.1) is 5.10 Å². The summed E-state index contributed by atoms with van der Waals surface area (Å²) >= 11 is 1.36. The Morgan fingerprint density at radius 1 is 1.86 bits per heavy atom. The molecular weight excluding hydrogens is 206 g/mol. The van der Waals surface area contributed by atoms with Gasteiger partial charge < -0.3 is 10.9 Å². The van der Waals surface area contributed by atoms with Crippen molar-refractivity contribution in [3.05, 3.63) is 10.5 Å². The van der Waals surface area contributed by atoms with Crippen LogP contribution >= 0.6 is 11.8 Å². The van der Waals surface area contributed by atoms with Crippen molar-refractivity contribution in [3.8, 4) is 0 Å². The summed E-state index contributed by atoms with van der Waals surface area (Å²) in [6.45, 7) is 0. The van der Waals surface area contributed by atoms with Gasteiger partial charge in [0.1, 0.15) is 5.84 Å². The van der Waals surface area contributed by atoms with Gasteiger partial charge in [-0.3, -0.25) is 4.57 Å². The number of nitrogens with two attached hydrogens (primary N) is 1. The van der Waals surface area contributed by atoms with E-state index in [1.807, 2.05) is 0 Å². The first kappa shape index (κ1) is 10.6. The van der Waals surface area contributed by atoms with Gasteiger partial charge in [-0.2, -0.15) is 0 Å². The van der Waals surface area contributed by atoms with Crippen LogP contribution in [0.15, 0.2) is 15.1 Å². The standard InChI is InChI=1S/C6H11N5O2S/c1-11-5(12)8-9-6(11)14-3-2-4(7)10-13/h13H,2-3H2,1H3,(H2,7,10)(H,8,12). The minimum absolute atomic E-state index is 0.165. The number of aromatic amines is 1. The van der Waals surface area contributed by atoms with Crippen LogP contribution in [0.4, 0.5) is 0 Å². The molecule has 0 spiro atoms. The molecule has 4 N–H and O–H groups in total. The zero-order valence-corrected chi connectivity index (χ0v) is 8.41. The van der Waals surface area contributed by atoms with Gasteiger partial charge in [-0.1, -0.05) is 16.9 Å². The quantitative estimate of drug-likeness (QED) is 0.204. The summed E-state index contributed by atoms with van der Waals surface area (Å²) in [7, 11) is 1.62. The fourth-order valence-electron chi connectivity index (χ4n) is 0.758. The zero-order valence-electron chi connectivity index (χ0n) is 7.60. The van der Waals surface area contributed by atoms with E-state index < -0.39 is 0 Å². The number of hydrogen-bond donors (Lipinski definition) is 3. The number of thioether (sulfide) groups is 1. The molecule has 0 saturated carbocycles. The lowest BCUT2D eigenvalue weighted by molar-refractivity contribution is 0.317.